The first-order valence-corrected chi connectivity index (χ1v) is 9.19. The number of amides is 1. The number of nitrogens with zero attached hydrogens (tertiary/aromatic N) is 3. The molecule has 0 saturated carbocycles. The van der Waals surface area contributed by atoms with Gasteiger partial charge in [-0.2, -0.15) is 0 Å². The summed E-state index contributed by atoms with van der Waals surface area (Å²) in [7, 11) is 3.14. The number of hydrogen-bond acceptors (Lipinski definition) is 6. The van der Waals surface area contributed by atoms with E-state index in [9.17, 15) is 4.79 Å². The van der Waals surface area contributed by atoms with Gasteiger partial charge in [-0.3, -0.25) is 4.79 Å². The SMILES string of the molecule is CCCCCn1cnnc1SCC(=O)Nc1ccc(OC)cc1OC. The first-order valence-electron chi connectivity index (χ1n) is 8.20. The van der Waals surface area contributed by atoms with E-state index in [1.54, 1.807) is 38.7 Å². The van der Waals surface area contributed by atoms with Gasteiger partial charge in [-0.1, -0.05) is 31.5 Å². The number of nitrogens with one attached hydrogen (secondary N) is 1. The number of hydrogen-bond donors (Lipinski definition) is 1. The van der Waals surface area contributed by atoms with Crippen molar-refractivity contribution < 1.29 is 14.3 Å². The predicted molar refractivity (Wildman–Crippen MR) is 98.4 cm³/mol. The topological polar surface area (TPSA) is 78.3 Å². The van der Waals surface area contributed by atoms with Crippen molar-refractivity contribution in [3.05, 3.63) is 24.5 Å². The van der Waals surface area contributed by atoms with Crippen LogP contribution < -0.4 is 14.8 Å². The smallest absolute Gasteiger partial charge is 0.234 e. The zero-order chi connectivity index (χ0) is 18.1. The molecule has 0 atom stereocenters. The van der Waals surface area contributed by atoms with Gasteiger partial charge in [-0.25, -0.2) is 0 Å². The highest BCUT2D eigenvalue weighted by atomic mass is 32.2. The molecule has 7 nitrogen and oxygen atoms in total. The Morgan fingerprint density at radius 1 is 1.28 bits per heavy atom. The number of carbonyl (C=O) groups excluding carboxylic acids is 1. The van der Waals surface area contributed by atoms with Crippen LogP contribution in [0.15, 0.2) is 29.7 Å². The molecule has 25 heavy (non-hydrogen) atoms. The average molecular weight is 364 g/mol. The van der Waals surface area contributed by atoms with Crippen LogP contribution in [0.2, 0.25) is 0 Å². The van der Waals surface area contributed by atoms with Gasteiger partial charge in [0, 0.05) is 12.6 Å². The van der Waals surface area contributed by atoms with Crippen LogP contribution in [-0.2, 0) is 11.3 Å². The maximum absolute atomic E-state index is 12.2. The number of carbonyl (C=O) groups is 1. The second-order valence-electron chi connectivity index (χ2n) is 5.42. The summed E-state index contributed by atoms with van der Waals surface area (Å²) in [5.74, 6) is 1.35. The van der Waals surface area contributed by atoms with Crippen molar-refractivity contribution >= 4 is 23.4 Å². The highest BCUT2D eigenvalue weighted by Crippen LogP contribution is 2.29. The van der Waals surface area contributed by atoms with Gasteiger partial charge >= 0.3 is 0 Å². The minimum absolute atomic E-state index is 0.128. The molecule has 136 valence electrons. The van der Waals surface area contributed by atoms with Gasteiger partial charge in [0.05, 0.1) is 25.7 Å². The fourth-order valence-corrected chi connectivity index (χ4v) is 3.00. The Labute approximate surface area is 152 Å². The fraction of sp³-hybridized carbons (Fsp3) is 0.471. The summed E-state index contributed by atoms with van der Waals surface area (Å²) >= 11 is 1.37. The first-order chi connectivity index (χ1) is 12.2. The zero-order valence-electron chi connectivity index (χ0n) is 14.8. The lowest BCUT2D eigenvalue weighted by Gasteiger charge is -2.11. The Bertz CT molecular complexity index is 690. The van der Waals surface area contributed by atoms with Gasteiger partial charge in [0.25, 0.3) is 0 Å². The van der Waals surface area contributed by atoms with Crippen LogP contribution in [0.1, 0.15) is 26.2 Å². The van der Waals surface area contributed by atoms with E-state index in [0.717, 1.165) is 24.5 Å². The molecule has 1 N–H and O–H groups in total. The van der Waals surface area contributed by atoms with E-state index in [4.69, 9.17) is 9.47 Å². The van der Waals surface area contributed by atoms with Crippen molar-refractivity contribution in [2.24, 2.45) is 0 Å². The number of aryl methyl sites for hydroxylation is 1. The minimum atomic E-state index is -0.128. The van der Waals surface area contributed by atoms with Crippen molar-refractivity contribution in [3.63, 3.8) is 0 Å². The number of methoxy groups -OCH3 is 2. The van der Waals surface area contributed by atoms with Crippen LogP contribution >= 0.6 is 11.8 Å². The molecule has 0 fully saturated rings. The third-order valence-corrected chi connectivity index (χ3v) is 4.58. The largest absolute Gasteiger partial charge is 0.497 e. The maximum Gasteiger partial charge on any atom is 0.234 e. The summed E-state index contributed by atoms with van der Waals surface area (Å²) in [6, 6.07) is 5.26. The first kappa shape index (κ1) is 19.1. The monoisotopic (exact) mass is 364 g/mol. The van der Waals surface area contributed by atoms with E-state index < -0.39 is 0 Å². The molecule has 0 radical (unpaired) electrons. The third kappa shape index (κ3) is 5.67. The molecule has 1 aromatic heterocycles. The van der Waals surface area contributed by atoms with Gasteiger partial charge in [0.1, 0.15) is 17.8 Å². The normalized spacial score (nSPS) is 10.5. The molecule has 0 unspecified atom stereocenters. The van der Waals surface area contributed by atoms with Crippen molar-refractivity contribution in [1.29, 1.82) is 0 Å². The lowest BCUT2D eigenvalue weighted by Crippen LogP contribution is -2.15. The Balaban J connectivity index is 1.90. The second-order valence-corrected chi connectivity index (χ2v) is 6.36. The van der Waals surface area contributed by atoms with Gasteiger partial charge in [0.15, 0.2) is 5.16 Å². The maximum atomic E-state index is 12.2. The summed E-state index contributed by atoms with van der Waals surface area (Å²) in [6.45, 7) is 3.04. The highest BCUT2D eigenvalue weighted by molar-refractivity contribution is 7.99. The van der Waals surface area contributed by atoms with Crippen LogP contribution in [0.25, 0.3) is 0 Å². The fourth-order valence-electron chi connectivity index (χ4n) is 2.26. The molecule has 0 aliphatic rings. The molecule has 1 heterocycles. The van der Waals surface area contributed by atoms with Crippen LogP contribution in [0, 0.1) is 0 Å². The summed E-state index contributed by atoms with van der Waals surface area (Å²) in [5, 5.41) is 11.6. The molecular formula is C17H24N4O3S. The molecule has 2 rings (SSSR count). The van der Waals surface area contributed by atoms with Gasteiger partial charge < -0.3 is 19.4 Å². The van der Waals surface area contributed by atoms with Crippen molar-refractivity contribution in [2.75, 3.05) is 25.3 Å². The standard InChI is InChI=1S/C17H24N4O3S/c1-4-5-6-9-21-12-18-20-17(21)25-11-16(22)19-14-8-7-13(23-2)10-15(14)24-3/h7-8,10,12H,4-6,9,11H2,1-3H3,(H,19,22). The van der Waals surface area contributed by atoms with Crippen LogP contribution in [-0.4, -0.2) is 40.6 Å². The van der Waals surface area contributed by atoms with E-state index in [2.05, 4.69) is 22.4 Å². The molecule has 2 aromatic rings. The Kier molecular flexibility index (Phi) is 7.59. The summed E-state index contributed by atoms with van der Waals surface area (Å²) in [4.78, 5) is 12.2. The van der Waals surface area contributed by atoms with E-state index in [1.807, 2.05) is 4.57 Å². The number of unbranched alkanes of at least 4 members (excludes halogenated alkanes) is 2. The summed E-state index contributed by atoms with van der Waals surface area (Å²) in [5.41, 5.74) is 0.610. The second kappa shape index (κ2) is 9.93. The van der Waals surface area contributed by atoms with Crippen LogP contribution in [0.4, 0.5) is 5.69 Å². The number of anilines is 1. The molecule has 0 spiro atoms. The number of benzene rings is 1. The quantitative estimate of drug-likeness (QED) is 0.515. The number of rotatable bonds is 10. The van der Waals surface area contributed by atoms with Gasteiger partial charge in [0.2, 0.25) is 5.91 Å². The zero-order valence-corrected chi connectivity index (χ0v) is 15.6. The van der Waals surface area contributed by atoms with E-state index in [0.29, 0.717) is 17.2 Å². The van der Waals surface area contributed by atoms with E-state index in [-0.39, 0.29) is 11.7 Å². The number of ether oxygens (including phenoxy) is 2. The van der Waals surface area contributed by atoms with Crippen LogP contribution in [0.5, 0.6) is 11.5 Å². The van der Waals surface area contributed by atoms with Gasteiger partial charge in [-0.05, 0) is 18.6 Å². The molecule has 1 aromatic carbocycles. The molecule has 8 heteroatoms. The Morgan fingerprint density at radius 3 is 2.84 bits per heavy atom. The van der Waals surface area contributed by atoms with E-state index >= 15 is 0 Å². The predicted octanol–water partition coefficient (Wildman–Crippen LogP) is 3.22. The number of thioether (sulfide) groups is 1. The summed E-state index contributed by atoms with van der Waals surface area (Å²) in [6.07, 6.45) is 5.12. The number of aromatic nitrogens is 3. The minimum Gasteiger partial charge on any atom is -0.497 e. The lowest BCUT2D eigenvalue weighted by molar-refractivity contribution is -0.113. The van der Waals surface area contributed by atoms with Crippen molar-refractivity contribution in [1.82, 2.24) is 14.8 Å². The van der Waals surface area contributed by atoms with Crippen molar-refractivity contribution in [2.45, 2.75) is 37.9 Å². The molecular weight excluding hydrogens is 340 g/mol. The lowest BCUT2D eigenvalue weighted by atomic mass is 10.2. The van der Waals surface area contributed by atoms with Crippen molar-refractivity contribution in [3.8, 4) is 11.5 Å². The Hall–Kier alpha value is -2.22. The van der Waals surface area contributed by atoms with E-state index in [1.165, 1.54) is 18.2 Å². The molecule has 0 aliphatic carbocycles. The Morgan fingerprint density at radius 2 is 2.12 bits per heavy atom. The third-order valence-electron chi connectivity index (χ3n) is 3.60. The van der Waals surface area contributed by atoms with Gasteiger partial charge in [-0.15, -0.1) is 10.2 Å². The molecule has 1 amide bonds. The highest BCUT2D eigenvalue weighted by Gasteiger charge is 2.12. The molecule has 0 aliphatic heterocycles. The molecule has 0 bridgehead atoms. The summed E-state index contributed by atoms with van der Waals surface area (Å²) < 4.78 is 12.4. The molecule has 0 saturated heterocycles. The van der Waals surface area contributed by atoms with Crippen LogP contribution in [0.3, 0.4) is 0 Å². The average Bonchev–Trinajstić information content (AvgIpc) is 3.08.